The van der Waals surface area contributed by atoms with Crippen LogP contribution in [0.15, 0.2) is 12.1 Å². The molecule has 1 fully saturated rings. The molecule has 1 unspecified atom stereocenters. The fourth-order valence-corrected chi connectivity index (χ4v) is 3.30. The van der Waals surface area contributed by atoms with E-state index in [1.54, 1.807) is 12.1 Å². The molecule has 0 heterocycles. The first-order valence-electron chi connectivity index (χ1n) is 6.30. The number of hydrogen-bond donors (Lipinski definition) is 2. The predicted octanol–water partition coefficient (Wildman–Crippen LogP) is 3.36. The molecule has 0 saturated heterocycles. The van der Waals surface area contributed by atoms with Gasteiger partial charge < -0.3 is 10.8 Å². The third-order valence-electron chi connectivity index (χ3n) is 3.71. The highest BCUT2D eigenvalue weighted by molar-refractivity contribution is 14.1. The molecule has 18 heavy (non-hydrogen) atoms. The van der Waals surface area contributed by atoms with E-state index >= 15 is 0 Å². The smallest absolute Gasteiger partial charge is 0.0992 e. The van der Waals surface area contributed by atoms with Crippen molar-refractivity contribution in [2.45, 2.75) is 38.2 Å². The molecule has 1 saturated carbocycles. The highest BCUT2D eigenvalue weighted by Crippen LogP contribution is 2.37. The summed E-state index contributed by atoms with van der Waals surface area (Å²) in [6.07, 6.45) is 5.18. The standard InChI is InChI=1S/C14H17IN2O/c15-12-7-9(8-16)6-11(13(12)17)14(18)10-4-2-1-3-5-10/h6-7,10,14,18H,1-5,17H2. The summed E-state index contributed by atoms with van der Waals surface area (Å²) in [6, 6.07) is 5.61. The number of hydrogen-bond acceptors (Lipinski definition) is 3. The Balaban J connectivity index is 2.31. The van der Waals surface area contributed by atoms with Gasteiger partial charge in [-0.15, -0.1) is 0 Å². The third kappa shape index (κ3) is 2.78. The molecule has 1 aromatic rings. The normalized spacial score (nSPS) is 18.3. The van der Waals surface area contributed by atoms with Crippen LogP contribution >= 0.6 is 22.6 Å². The van der Waals surface area contributed by atoms with Crippen LogP contribution in [-0.2, 0) is 0 Å². The lowest BCUT2D eigenvalue weighted by molar-refractivity contribution is 0.0854. The predicted molar refractivity (Wildman–Crippen MR) is 79.8 cm³/mol. The molecule has 0 aliphatic heterocycles. The molecule has 4 heteroatoms. The number of nitrogen functional groups attached to an aromatic ring is 1. The van der Waals surface area contributed by atoms with E-state index < -0.39 is 6.10 Å². The molecule has 0 radical (unpaired) electrons. The van der Waals surface area contributed by atoms with Crippen LogP contribution in [0.1, 0.15) is 49.3 Å². The summed E-state index contributed by atoms with van der Waals surface area (Å²) >= 11 is 2.12. The number of benzene rings is 1. The molecule has 2 rings (SSSR count). The molecule has 0 spiro atoms. The van der Waals surface area contributed by atoms with Gasteiger partial charge in [0.05, 0.1) is 23.4 Å². The van der Waals surface area contributed by atoms with Gasteiger partial charge in [0.15, 0.2) is 0 Å². The lowest BCUT2D eigenvalue weighted by Gasteiger charge is -2.27. The molecule has 1 aliphatic carbocycles. The van der Waals surface area contributed by atoms with Gasteiger partial charge in [-0.05, 0) is 53.5 Å². The Morgan fingerprint density at radius 1 is 1.33 bits per heavy atom. The van der Waals surface area contributed by atoms with Crippen molar-refractivity contribution in [3.05, 3.63) is 26.8 Å². The monoisotopic (exact) mass is 356 g/mol. The van der Waals surface area contributed by atoms with Crippen molar-refractivity contribution in [2.75, 3.05) is 5.73 Å². The van der Waals surface area contributed by atoms with Crippen LogP contribution in [0, 0.1) is 20.8 Å². The highest BCUT2D eigenvalue weighted by Gasteiger charge is 2.25. The second kappa shape index (κ2) is 5.89. The lowest BCUT2D eigenvalue weighted by Crippen LogP contribution is -2.17. The Labute approximate surface area is 121 Å². The highest BCUT2D eigenvalue weighted by atomic mass is 127. The summed E-state index contributed by atoms with van der Waals surface area (Å²) in [5.74, 6) is 0.283. The molecule has 0 bridgehead atoms. The first kappa shape index (κ1) is 13.6. The van der Waals surface area contributed by atoms with Crippen molar-refractivity contribution >= 4 is 28.3 Å². The van der Waals surface area contributed by atoms with Gasteiger partial charge in [-0.3, -0.25) is 0 Å². The number of aliphatic hydroxyl groups excluding tert-OH is 1. The van der Waals surface area contributed by atoms with E-state index in [9.17, 15) is 5.11 Å². The zero-order chi connectivity index (χ0) is 13.1. The van der Waals surface area contributed by atoms with Crippen LogP contribution < -0.4 is 5.73 Å². The van der Waals surface area contributed by atoms with Crippen molar-refractivity contribution in [3.8, 4) is 6.07 Å². The second-order valence-corrected chi connectivity index (χ2v) is 6.08. The first-order chi connectivity index (χ1) is 8.63. The van der Waals surface area contributed by atoms with Gasteiger partial charge in [-0.1, -0.05) is 19.3 Å². The van der Waals surface area contributed by atoms with Gasteiger partial charge in [-0.25, -0.2) is 0 Å². The van der Waals surface area contributed by atoms with Crippen LogP contribution in [-0.4, -0.2) is 5.11 Å². The average molecular weight is 356 g/mol. The minimum Gasteiger partial charge on any atom is -0.398 e. The van der Waals surface area contributed by atoms with E-state index in [1.807, 2.05) is 0 Å². The molecular formula is C14H17IN2O. The van der Waals surface area contributed by atoms with Gasteiger partial charge in [0, 0.05) is 9.13 Å². The zero-order valence-electron chi connectivity index (χ0n) is 10.2. The Morgan fingerprint density at radius 2 is 2.00 bits per heavy atom. The summed E-state index contributed by atoms with van der Waals surface area (Å²) in [7, 11) is 0. The molecule has 3 nitrogen and oxygen atoms in total. The molecule has 1 atom stereocenters. The summed E-state index contributed by atoms with van der Waals surface area (Å²) < 4.78 is 0.844. The summed E-state index contributed by atoms with van der Waals surface area (Å²) in [5.41, 5.74) is 7.95. The number of nitrogens with zero attached hydrogens (tertiary/aromatic N) is 1. The Bertz CT molecular complexity index is 475. The number of halogens is 1. The third-order valence-corrected chi connectivity index (χ3v) is 4.60. The van der Waals surface area contributed by atoms with Crippen LogP contribution in [0.2, 0.25) is 0 Å². The minimum absolute atomic E-state index is 0.283. The number of aliphatic hydroxyl groups is 1. The van der Waals surface area contributed by atoms with E-state index in [0.717, 1.165) is 22.0 Å². The van der Waals surface area contributed by atoms with Crippen molar-refractivity contribution in [1.82, 2.24) is 0 Å². The molecule has 3 N–H and O–H groups in total. The Kier molecular flexibility index (Phi) is 4.46. The number of nitrogens with two attached hydrogens (primary N) is 1. The van der Waals surface area contributed by atoms with E-state index in [2.05, 4.69) is 28.7 Å². The van der Waals surface area contributed by atoms with Crippen LogP contribution in [0.5, 0.6) is 0 Å². The summed E-state index contributed by atoms with van der Waals surface area (Å²) in [6.45, 7) is 0. The SMILES string of the molecule is N#Cc1cc(I)c(N)c(C(O)C2CCCCC2)c1. The number of anilines is 1. The van der Waals surface area contributed by atoms with E-state index in [-0.39, 0.29) is 5.92 Å². The van der Waals surface area contributed by atoms with Gasteiger partial charge >= 0.3 is 0 Å². The Hall–Kier alpha value is -0.800. The topological polar surface area (TPSA) is 70.0 Å². The fourth-order valence-electron chi connectivity index (χ4n) is 2.65. The van der Waals surface area contributed by atoms with Gasteiger partial charge in [0.25, 0.3) is 0 Å². The largest absolute Gasteiger partial charge is 0.398 e. The summed E-state index contributed by atoms with van der Waals surface area (Å²) in [5, 5.41) is 19.5. The number of nitriles is 1. The van der Waals surface area contributed by atoms with Gasteiger partial charge in [-0.2, -0.15) is 5.26 Å². The molecule has 1 aromatic carbocycles. The molecule has 1 aliphatic rings. The van der Waals surface area contributed by atoms with E-state index in [1.165, 1.54) is 19.3 Å². The first-order valence-corrected chi connectivity index (χ1v) is 7.38. The molecule has 0 aromatic heterocycles. The second-order valence-electron chi connectivity index (χ2n) is 4.92. The van der Waals surface area contributed by atoms with E-state index in [0.29, 0.717) is 11.3 Å². The molecular weight excluding hydrogens is 339 g/mol. The van der Waals surface area contributed by atoms with E-state index in [4.69, 9.17) is 11.0 Å². The van der Waals surface area contributed by atoms with Crippen molar-refractivity contribution in [3.63, 3.8) is 0 Å². The average Bonchev–Trinajstić information content (AvgIpc) is 2.42. The molecule has 0 amide bonds. The molecule has 96 valence electrons. The van der Waals surface area contributed by atoms with Gasteiger partial charge in [0.1, 0.15) is 0 Å². The van der Waals surface area contributed by atoms with Crippen LogP contribution in [0.25, 0.3) is 0 Å². The van der Waals surface area contributed by atoms with Gasteiger partial charge in [0.2, 0.25) is 0 Å². The summed E-state index contributed by atoms with van der Waals surface area (Å²) in [4.78, 5) is 0. The maximum Gasteiger partial charge on any atom is 0.0992 e. The van der Waals surface area contributed by atoms with Crippen molar-refractivity contribution in [2.24, 2.45) is 5.92 Å². The maximum absolute atomic E-state index is 10.5. The van der Waals surface area contributed by atoms with Crippen LogP contribution in [0.3, 0.4) is 0 Å². The minimum atomic E-state index is -0.535. The van der Waals surface area contributed by atoms with Crippen LogP contribution in [0.4, 0.5) is 5.69 Å². The number of rotatable bonds is 2. The lowest BCUT2D eigenvalue weighted by atomic mass is 9.82. The quantitative estimate of drug-likeness (QED) is 0.631. The maximum atomic E-state index is 10.5. The fraction of sp³-hybridized carbons (Fsp3) is 0.500. The van der Waals surface area contributed by atoms with Crippen molar-refractivity contribution in [1.29, 1.82) is 5.26 Å². The zero-order valence-corrected chi connectivity index (χ0v) is 12.4. The van der Waals surface area contributed by atoms with Crippen molar-refractivity contribution < 1.29 is 5.11 Å². The Morgan fingerprint density at radius 3 is 2.61 bits per heavy atom.